The lowest BCUT2D eigenvalue weighted by atomic mass is 9.97. The normalized spacial score (nSPS) is 16.5. The van der Waals surface area contributed by atoms with Crippen molar-refractivity contribution in [2.24, 2.45) is 0 Å². The molecule has 1 atom stereocenters. The summed E-state index contributed by atoms with van der Waals surface area (Å²) in [6.45, 7) is 6.21. The maximum absolute atomic E-state index is 14.4. The maximum atomic E-state index is 14.4. The van der Waals surface area contributed by atoms with Crippen LogP contribution < -0.4 is 5.32 Å². The Balaban J connectivity index is 0.00000220. The molecule has 1 N–H and O–H groups in total. The molecule has 0 radical (unpaired) electrons. The monoisotopic (exact) mass is 414 g/mol. The lowest BCUT2D eigenvalue weighted by Gasteiger charge is -2.35. The molecule has 128 valence electrons. The van der Waals surface area contributed by atoms with Gasteiger partial charge in [0.1, 0.15) is 5.82 Å². The van der Waals surface area contributed by atoms with Gasteiger partial charge in [-0.05, 0) is 28.4 Å². The van der Waals surface area contributed by atoms with Gasteiger partial charge in [0.15, 0.2) is 0 Å². The molecular weight excluding hydrogens is 390 g/mol. The minimum absolute atomic E-state index is 0. The largest absolute Gasteiger partial charge is 0.314 e. The number of nitrogens with zero attached hydrogens (tertiary/aromatic N) is 1. The molecule has 1 aliphatic rings. The summed E-state index contributed by atoms with van der Waals surface area (Å²) < 4.78 is 15.0. The molecule has 2 nitrogen and oxygen atoms in total. The summed E-state index contributed by atoms with van der Waals surface area (Å²) in [5.74, 6) is -0.0902. The average Bonchev–Trinajstić information content (AvgIpc) is 2.48. The number of nitrogens with one attached hydrogen (secondary N) is 1. The fourth-order valence-electron chi connectivity index (χ4n) is 2.89. The van der Waals surface area contributed by atoms with Crippen LogP contribution in [0.1, 0.15) is 44.2 Å². The van der Waals surface area contributed by atoms with Crippen molar-refractivity contribution < 1.29 is 4.39 Å². The smallest absolute Gasteiger partial charge is 0.142 e. The molecule has 1 saturated heterocycles. The van der Waals surface area contributed by atoms with Crippen molar-refractivity contribution >= 4 is 40.7 Å². The molecule has 1 aromatic rings. The predicted molar refractivity (Wildman–Crippen MR) is 99.9 cm³/mol. The Morgan fingerprint density at radius 3 is 2.55 bits per heavy atom. The van der Waals surface area contributed by atoms with Crippen LogP contribution in [-0.4, -0.2) is 31.1 Å². The highest BCUT2D eigenvalue weighted by atomic mass is 79.9. The van der Waals surface area contributed by atoms with Gasteiger partial charge >= 0.3 is 0 Å². The van der Waals surface area contributed by atoms with Gasteiger partial charge in [0, 0.05) is 37.8 Å². The molecule has 0 aromatic heterocycles. The standard InChI is InChI=1S/C16H24BrFN2.2ClH/c1-2-3-4-8-15(20-11-9-19-10-12-20)13-6-5-7-14(17)16(13)18;;/h5-7,15,19H,2-4,8-12H2,1H3;2*1H/t15-;;/m0../s1. The molecule has 1 fully saturated rings. The van der Waals surface area contributed by atoms with E-state index in [-0.39, 0.29) is 36.7 Å². The third-order valence-corrected chi connectivity index (χ3v) is 4.63. The van der Waals surface area contributed by atoms with Crippen LogP contribution in [0.5, 0.6) is 0 Å². The molecule has 6 heteroatoms. The van der Waals surface area contributed by atoms with Gasteiger partial charge < -0.3 is 5.32 Å². The first-order valence-corrected chi connectivity index (χ1v) is 8.42. The molecule has 1 aromatic carbocycles. The lowest BCUT2D eigenvalue weighted by Crippen LogP contribution is -2.45. The highest BCUT2D eigenvalue weighted by Crippen LogP contribution is 2.31. The van der Waals surface area contributed by atoms with E-state index in [0.717, 1.165) is 44.6 Å². The van der Waals surface area contributed by atoms with E-state index in [0.29, 0.717) is 4.47 Å². The Morgan fingerprint density at radius 2 is 1.91 bits per heavy atom. The first kappa shape index (κ1) is 22.1. The van der Waals surface area contributed by atoms with Gasteiger partial charge in [0.25, 0.3) is 0 Å². The van der Waals surface area contributed by atoms with Crippen LogP contribution in [0.15, 0.2) is 22.7 Å². The second-order valence-corrected chi connectivity index (χ2v) is 6.29. The quantitative estimate of drug-likeness (QED) is 0.660. The Morgan fingerprint density at radius 1 is 1.23 bits per heavy atom. The molecule has 1 heterocycles. The Bertz CT molecular complexity index is 429. The number of hydrogen-bond acceptors (Lipinski definition) is 2. The van der Waals surface area contributed by atoms with E-state index in [1.54, 1.807) is 6.07 Å². The lowest BCUT2D eigenvalue weighted by molar-refractivity contribution is 0.159. The molecule has 0 aliphatic carbocycles. The van der Waals surface area contributed by atoms with Crippen LogP contribution in [0.3, 0.4) is 0 Å². The third-order valence-electron chi connectivity index (χ3n) is 4.01. The fraction of sp³-hybridized carbons (Fsp3) is 0.625. The first-order chi connectivity index (χ1) is 9.74. The molecule has 0 bridgehead atoms. The van der Waals surface area contributed by atoms with E-state index in [1.165, 1.54) is 12.8 Å². The van der Waals surface area contributed by atoms with Crippen LogP contribution >= 0.6 is 40.7 Å². The van der Waals surface area contributed by atoms with Gasteiger partial charge in [0.05, 0.1) is 4.47 Å². The SMILES string of the molecule is CCCCC[C@@H](c1cccc(Br)c1F)N1CCNCC1.Cl.Cl. The molecule has 0 unspecified atom stereocenters. The number of rotatable bonds is 6. The van der Waals surface area contributed by atoms with E-state index >= 15 is 0 Å². The predicted octanol–water partition coefficient (Wildman–Crippen LogP) is 4.96. The van der Waals surface area contributed by atoms with Gasteiger partial charge in [-0.15, -0.1) is 24.8 Å². The Hall–Kier alpha value is 0.130. The summed E-state index contributed by atoms with van der Waals surface area (Å²) >= 11 is 3.31. The highest BCUT2D eigenvalue weighted by molar-refractivity contribution is 9.10. The summed E-state index contributed by atoms with van der Waals surface area (Å²) in [4.78, 5) is 2.43. The fourth-order valence-corrected chi connectivity index (χ4v) is 3.28. The van der Waals surface area contributed by atoms with Crippen LogP contribution in [-0.2, 0) is 0 Å². The number of hydrogen-bond donors (Lipinski definition) is 1. The summed E-state index contributed by atoms with van der Waals surface area (Å²) in [7, 11) is 0. The van der Waals surface area contributed by atoms with Crippen molar-refractivity contribution in [1.82, 2.24) is 10.2 Å². The van der Waals surface area contributed by atoms with Crippen molar-refractivity contribution in [2.45, 2.75) is 38.6 Å². The molecule has 0 saturated carbocycles. The molecule has 22 heavy (non-hydrogen) atoms. The Labute approximate surface area is 154 Å². The first-order valence-electron chi connectivity index (χ1n) is 7.62. The third kappa shape index (κ3) is 5.97. The second kappa shape index (κ2) is 11.6. The van der Waals surface area contributed by atoms with Crippen LogP contribution in [0.4, 0.5) is 4.39 Å². The zero-order valence-electron chi connectivity index (χ0n) is 13.0. The zero-order chi connectivity index (χ0) is 14.4. The van der Waals surface area contributed by atoms with Crippen molar-refractivity contribution in [2.75, 3.05) is 26.2 Å². The van der Waals surface area contributed by atoms with Crippen molar-refractivity contribution in [3.8, 4) is 0 Å². The Kier molecular flexibility index (Phi) is 11.7. The second-order valence-electron chi connectivity index (χ2n) is 5.44. The molecule has 2 rings (SSSR count). The van der Waals surface area contributed by atoms with Gasteiger partial charge in [-0.2, -0.15) is 0 Å². The topological polar surface area (TPSA) is 15.3 Å². The number of halogens is 4. The van der Waals surface area contributed by atoms with Crippen LogP contribution in [0, 0.1) is 5.82 Å². The molecule has 0 spiro atoms. The molecule has 0 amide bonds. The minimum atomic E-state index is -0.0902. The van der Waals surface area contributed by atoms with E-state index in [9.17, 15) is 4.39 Å². The van der Waals surface area contributed by atoms with Crippen LogP contribution in [0.2, 0.25) is 0 Å². The van der Waals surface area contributed by atoms with Crippen molar-refractivity contribution in [3.05, 3.63) is 34.1 Å². The molecular formula is C16H26BrCl2FN2. The number of piperazine rings is 1. The van der Waals surface area contributed by atoms with Gasteiger partial charge in [0.2, 0.25) is 0 Å². The van der Waals surface area contributed by atoms with Gasteiger partial charge in [-0.25, -0.2) is 4.39 Å². The van der Waals surface area contributed by atoms with Crippen molar-refractivity contribution in [3.63, 3.8) is 0 Å². The van der Waals surface area contributed by atoms with Crippen LogP contribution in [0.25, 0.3) is 0 Å². The van der Waals surface area contributed by atoms with E-state index in [2.05, 4.69) is 33.1 Å². The van der Waals surface area contributed by atoms with Gasteiger partial charge in [-0.1, -0.05) is 38.3 Å². The number of unbranched alkanes of at least 4 members (excludes halogenated alkanes) is 2. The summed E-state index contributed by atoms with van der Waals surface area (Å²) in [6.07, 6.45) is 4.63. The van der Waals surface area contributed by atoms with Crippen molar-refractivity contribution in [1.29, 1.82) is 0 Å². The van der Waals surface area contributed by atoms with E-state index < -0.39 is 0 Å². The highest BCUT2D eigenvalue weighted by Gasteiger charge is 2.24. The summed E-state index contributed by atoms with van der Waals surface area (Å²) in [5, 5.41) is 3.37. The average molecular weight is 416 g/mol. The van der Waals surface area contributed by atoms with E-state index in [4.69, 9.17) is 0 Å². The summed E-state index contributed by atoms with van der Waals surface area (Å²) in [6, 6.07) is 5.87. The number of benzene rings is 1. The van der Waals surface area contributed by atoms with E-state index in [1.807, 2.05) is 12.1 Å². The zero-order valence-corrected chi connectivity index (χ0v) is 16.2. The summed E-state index contributed by atoms with van der Waals surface area (Å²) in [5.41, 5.74) is 0.845. The van der Waals surface area contributed by atoms with Gasteiger partial charge in [-0.3, -0.25) is 4.90 Å². The minimum Gasteiger partial charge on any atom is -0.314 e. The maximum Gasteiger partial charge on any atom is 0.142 e. The molecule has 1 aliphatic heterocycles.